The van der Waals surface area contributed by atoms with Gasteiger partial charge in [0.15, 0.2) is 0 Å². The molecule has 6 N–H and O–H groups in total. The van der Waals surface area contributed by atoms with E-state index in [4.69, 9.17) is 5.11 Å². The quantitative estimate of drug-likeness (QED) is 0.275. The van der Waals surface area contributed by atoms with Gasteiger partial charge in [0.2, 0.25) is 0 Å². The molecule has 9 heteroatoms. The molecule has 27 heavy (non-hydrogen) atoms. The highest BCUT2D eigenvalue weighted by Gasteiger charge is 2.48. The number of rotatable bonds is 11. The van der Waals surface area contributed by atoms with E-state index in [0.29, 0.717) is 0 Å². The summed E-state index contributed by atoms with van der Waals surface area (Å²) in [4.78, 5) is 33.6. The molecule has 0 spiro atoms. The van der Waals surface area contributed by atoms with Gasteiger partial charge in [-0.2, -0.15) is 0 Å². The highest BCUT2D eigenvalue weighted by Crippen LogP contribution is 2.46. The van der Waals surface area contributed by atoms with Crippen LogP contribution in [0.1, 0.15) is 27.2 Å². The Morgan fingerprint density at radius 2 is 1.07 bits per heavy atom. The molecule has 0 saturated heterocycles. The van der Waals surface area contributed by atoms with Crippen LogP contribution in [0, 0.1) is 10.8 Å². The second-order valence-electron chi connectivity index (χ2n) is 6.46. The topological polar surface area (TPSA) is 173 Å². The summed E-state index contributed by atoms with van der Waals surface area (Å²) in [7, 11) is 0. The molecule has 0 radical (unpaired) electrons. The molecule has 0 aromatic carbocycles. The minimum Gasteiger partial charge on any atom is -0.478 e. The van der Waals surface area contributed by atoms with E-state index in [-0.39, 0.29) is 23.1 Å². The molecule has 0 unspecified atom stereocenters. The summed E-state index contributed by atoms with van der Waals surface area (Å²) in [6.45, 7) is 1.34. The van der Waals surface area contributed by atoms with Crippen LogP contribution in [0.15, 0.2) is 34.9 Å². The summed E-state index contributed by atoms with van der Waals surface area (Å²) in [5, 5.41) is 57.4. The van der Waals surface area contributed by atoms with Crippen molar-refractivity contribution < 1.29 is 45.0 Å². The number of carbonyl (C=O) groups is 3. The summed E-state index contributed by atoms with van der Waals surface area (Å²) in [6.07, 6.45) is 3.09. The molecule has 9 nitrogen and oxygen atoms in total. The SMILES string of the molecule is CC(=CCC(CO)(CO)C(C=C(C)C(=O)O)(C=C(C)C(=O)O)CO)C(=O)O. The average molecular weight is 386 g/mol. The molecule has 0 aromatic heterocycles. The van der Waals surface area contributed by atoms with E-state index in [0.717, 1.165) is 12.2 Å². The first-order valence-corrected chi connectivity index (χ1v) is 8.00. The van der Waals surface area contributed by atoms with Crippen LogP contribution in [0.25, 0.3) is 0 Å². The summed E-state index contributed by atoms with van der Waals surface area (Å²) in [5.74, 6) is -3.91. The second-order valence-corrected chi connectivity index (χ2v) is 6.46. The Hall–Kier alpha value is -2.49. The van der Waals surface area contributed by atoms with Gasteiger partial charge in [-0.3, -0.25) is 0 Å². The van der Waals surface area contributed by atoms with Crippen molar-refractivity contribution in [3.05, 3.63) is 34.9 Å². The van der Waals surface area contributed by atoms with E-state index in [1.165, 1.54) is 26.8 Å². The first-order chi connectivity index (χ1) is 12.4. The molecule has 0 rings (SSSR count). The second kappa shape index (κ2) is 10.0. The first kappa shape index (κ1) is 24.5. The minimum atomic E-state index is -1.78. The number of carboxylic acids is 3. The lowest BCUT2D eigenvalue weighted by Gasteiger charge is -2.45. The van der Waals surface area contributed by atoms with Crippen LogP contribution in [-0.4, -0.2) is 68.4 Å². The highest BCUT2D eigenvalue weighted by molar-refractivity contribution is 5.87. The predicted molar refractivity (Wildman–Crippen MR) is 94.9 cm³/mol. The Morgan fingerprint density at radius 3 is 1.33 bits per heavy atom. The molecule has 0 aromatic rings. The smallest absolute Gasteiger partial charge is 0.330 e. The summed E-state index contributed by atoms with van der Waals surface area (Å²) >= 11 is 0. The minimum absolute atomic E-state index is 0.0917. The molecular weight excluding hydrogens is 360 g/mol. The number of aliphatic hydroxyl groups is 3. The molecule has 0 heterocycles. The number of allylic oxidation sites excluding steroid dienone is 1. The lowest BCUT2D eigenvalue weighted by atomic mass is 9.61. The maximum absolute atomic E-state index is 11.3. The normalized spacial score (nSPS) is 16.0. The number of carboxylic acid groups (broad SMARTS) is 3. The Labute approximate surface area is 156 Å². The van der Waals surface area contributed by atoms with Crippen LogP contribution in [0.3, 0.4) is 0 Å². The molecule has 0 aliphatic heterocycles. The van der Waals surface area contributed by atoms with Crippen LogP contribution >= 0.6 is 0 Å². The van der Waals surface area contributed by atoms with Crippen molar-refractivity contribution in [2.45, 2.75) is 27.2 Å². The number of hydrogen-bond acceptors (Lipinski definition) is 6. The van der Waals surface area contributed by atoms with Gasteiger partial charge in [-0.25, -0.2) is 14.4 Å². The predicted octanol–water partition coefficient (Wildman–Crippen LogP) is 0.419. The van der Waals surface area contributed by atoms with Crippen molar-refractivity contribution in [3.63, 3.8) is 0 Å². The maximum Gasteiger partial charge on any atom is 0.330 e. The average Bonchev–Trinajstić information content (AvgIpc) is 2.61. The van der Waals surface area contributed by atoms with Crippen molar-refractivity contribution >= 4 is 17.9 Å². The van der Waals surface area contributed by atoms with Gasteiger partial charge in [-0.05, 0) is 27.2 Å². The first-order valence-electron chi connectivity index (χ1n) is 8.00. The Morgan fingerprint density at radius 1 is 0.704 bits per heavy atom. The van der Waals surface area contributed by atoms with Crippen LogP contribution < -0.4 is 0 Å². The van der Waals surface area contributed by atoms with Crippen LogP contribution in [0.2, 0.25) is 0 Å². The third kappa shape index (κ3) is 5.75. The van der Waals surface area contributed by atoms with E-state index in [1.54, 1.807) is 0 Å². The third-order valence-corrected chi connectivity index (χ3v) is 4.61. The van der Waals surface area contributed by atoms with E-state index < -0.39 is 48.6 Å². The van der Waals surface area contributed by atoms with E-state index in [1.807, 2.05) is 0 Å². The molecule has 0 fully saturated rings. The van der Waals surface area contributed by atoms with Crippen molar-refractivity contribution in [3.8, 4) is 0 Å². The monoisotopic (exact) mass is 386 g/mol. The molecule has 0 amide bonds. The fourth-order valence-electron chi connectivity index (χ4n) is 2.60. The zero-order valence-electron chi connectivity index (χ0n) is 15.5. The molecule has 0 saturated carbocycles. The molecule has 0 aliphatic rings. The van der Waals surface area contributed by atoms with Crippen molar-refractivity contribution in [2.24, 2.45) is 10.8 Å². The lowest BCUT2D eigenvalue weighted by molar-refractivity contribution is -0.133. The third-order valence-electron chi connectivity index (χ3n) is 4.61. The summed E-state index contributed by atoms with van der Waals surface area (Å²) in [6, 6.07) is 0. The maximum atomic E-state index is 11.3. The van der Waals surface area contributed by atoms with Gasteiger partial charge in [-0.15, -0.1) is 0 Å². The molecule has 0 aliphatic carbocycles. The van der Waals surface area contributed by atoms with Gasteiger partial charge in [0.25, 0.3) is 0 Å². The van der Waals surface area contributed by atoms with E-state index in [9.17, 15) is 39.9 Å². The fraction of sp³-hybridized carbons (Fsp3) is 0.500. The zero-order chi connectivity index (χ0) is 21.4. The largest absolute Gasteiger partial charge is 0.478 e. The Kier molecular flexibility index (Phi) is 9.08. The standard InChI is InChI=1S/C18H26O9/c1-11(14(22)23)4-5-17(8-19,9-20)18(10-21,6-12(2)15(24)25)7-13(3)16(26)27/h4,6-7,19-21H,5,8-10H2,1-3H3,(H,22,23)(H,24,25)(H,26,27). The van der Waals surface area contributed by atoms with Crippen LogP contribution in [0.4, 0.5) is 0 Å². The molecule has 152 valence electrons. The number of hydrogen-bond donors (Lipinski definition) is 6. The molecular formula is C18H26O9. The van der Waals surface area contributed by atoms with Crippen LogP contribution in [-0.2, 0) is 14.4 Å². The van der Waals surface area contributed by atoms with Gasteiger partial charge in [-0.1, -0.05) is 18.2 Å². The Bertz CT molecular complexity index is 636. The van der Waals surface area contributed by atoms with Gasteiger partial charge in [0, 0.05) is 27.5 Å². The van der Waals surface area contributed by atoms with E-state index >= 15 is 0 Å². The van der Waals surface area contributed by atoms with Gasteiger partial charge in [0.1, 0.15) is 0 Å². The fourth-order valence-corrected chi connectivity index (χ4v) is 2.60. The van der Waals surface area contributed by atoms with Crippen molar-refractivity contribution in [1.29, 1.82) is 0 Å². The van der Waals surface area contributed by atoms with Crippen molar-refractivity contribution in [1.82, 2.24) is 0 Å². The number of aliphatic hydroxyl groups excluding tert-OH is 3. The summed E-state index contributed by atoms with van der Waals surface area (Å²) in [5.41, 5.74) is -4.03. The van der Waals surface area contributed by atoms with Gasteiger partial charge in [0.05, 0.1) is 19.8 Å². The highest BCUT2D eigenvalue weighted by atomic mass is 16.4. The summed E-state index contributed by atoms with van der Waals surface area (Å²) < 4.78 is 0. The molecule has 0 atom stereocenters. The van der Waals surface area contributed by atoms with Crippen molar-refractivity contribution in [2.75, 3.05) is 19.8 Å². The molecule has 0 bridgehead atoms. The van der Waals surface area contributed by atoms with Gasteiger partial charge >= 0.3 is 17.9 Å². The van der Waals surface area contributed by atoms with Gasteiger partial charge < -0.3 is 30.6 Å². The van der Waals surface area contributed by atoms with E-state index in [2.05, 4.69) is 0 Å². The number of aliphatic carboxylic acids is 3. The zero-order valence-corrected chi connectivity index (χ0v) is 15.5. The lowest BCUT2D eigenvalue weighted by Crippen LogP contribution is -2.48. The van der Waals surface area contributed by atoms with Crippen LogP contribution in [0.5, 0.6) is 0 Å². The Balaban J connectivity index is 6.79.